The molecule has 0 unspecified atom stereocenters. The van der Waals surface area contributed by atoms with Crippen LogP contribution < -0.4 is 10.6 Å². The summed E-state index contributed by atoms with van der Waals surface area (Å²) >= 11 is 0. The first-order valence-corrected chi connectivity index (χ1v) is 11.8. The number of carbonyl (C=O) groups excluding carboxylic acids is 2. The predicted molar refractivity (Wildman–Crippen MR) is 131 cm³/mol. The molecule has 0 aliphatic heterocycles. The minimum absolute atomic E-state index is 0.0193. The highest BCUT2D eigenvalue weighted by molar-refractivity contribution is 5.83. The number of hydrogen-bond donors (Lipinski definition) is 3. The van der Waals surface area contributed by atoms with E-state index in [1.54, 1.807) is 6.92 Å². The highest BCUT2D eigenvalue weighted by Crippen LogP contribution is 2.44. The monoisotopic (exact) mass is 466 g/mol. The lowest BCUT2D eigenvalue weighted by atomic mass is 9.84. The van der Waals surface area contributed by atoms with Crippen LogP contribution in [-0.4, -0.2) is 42.3 Å². The Morgan fingerprint density at radius 2 is 1.59 bits per heavy atom. The van der Waals surface area contributed by atoms with E-state index in [0.29, 0.717) is 25.8 Å². The van der Waals surface area contributed by atoms with Gasteiger partial charge in [0.25, 0.3) is 0 Å². The van der Waals surface area contributed by atoms with Gasteiger partial charge in [-0.05, 0) is 46.9 Å². The first-order chi connectivity index (χ1) is 16.2. The zero-order valence-electron chi connectivity index (χ0n) is 20.1. The Balaban J connectivity index is 1.42. The number of nitrogens with one attached hydrogen (secondary N) is 2. The van der Waals surface area contributed by atoms with Crippen molar-refractivity contribution in [3.05, 3.63) is 59.7 Å². The number of carboxylic acids is 1. The van der Waals surface area contributed by atoms with Crippen LogP contribution in [0, 0.1) is 5.41 Å². The number of carboxylic acid groups (broad SMARTS) is 1. The zero-order chi connectivity index (χ0) is 24.7. The van der Waals surface area contributed by atoms with Crippen molar-refractivity contribution in [2.24, 2.45) is 5.41 Å². The van der Waals surface area contributed by atoms with Crippen LogP contribution in [0.3, 0.4) is 0 Å². The molecule has 1 aliphatic carbocycles. The number of aliphatic carboxylic acids is 1. The highest BCUT2D eigenvalue weighted by Gasteiger charge is 2.29. The smallest absolute Gasteiger partial charge is 0.407 e. The van der Waals surface area contributed by atoms with Gasteiger partial charge in [0.05, 0.1) is 0 Å². The molecule has 182 valence electrons. The number of amides is 2. The lowest BCUT2D eigenvalue weighted by molar-refractivity contribution is -0.142. The summed E-state index contributed by atoms with van der Waals surface area (Å²) in [6, 6.07) is 15.6. The van der Waals surface area contributed by atoms with Crippen LogP contribution in [0.15, 0.2) is 48.5 Å². The summed E-state index contributed by atoms with van der Waals surface area (Å²) in [5.74, 6) is -1.28. The average molecular weight is 467 g/mol. The predicted octanol–water partition coefficient (Wildman–Crippen LogP) is 4.70. The molecule has 0 radical (unpaired) electrons. The Morgan fingerprint density at radius 3 is 2.15 bits per heavy atom. The van der Waals surface area contributed by atoms with Crippen LogP contribution in [0.5, 0.6) is 0 Å². The van der Waals surface area contributed by atoms with Gasteiger partial charge in [0, 0.05) is 18.9 Å². The van der Waals surface area contributed by atoms with Crippen LogP contribution in [-0.2, 0) is 14.3 Å². The van der Waals surface area contributed by atoms with E-state index in [1.807, 2.05) is 38.1 Å². The summed E-state index contributed by atoms with van der Waals surface area (Å²) < 4.78 is 5.56. The van der Waals surface area contributed by atoms with Crippen molar-refractivity contribution in [1.82, 2.24) is 10.6 Å². The molecular formula is C27H34N2O5. The van der Waals surface area contributed by atoms with E-state index in [4.69, 9.17) is 9.84 Å². The second-order valence-electron chi connectivity index (χ2n) is 9.53. The molecule has 2 aromatic rings. The van der Waals surface area contributed by atoms with Crippen molar-refractivity contribution in [2.45, 2.75) is 58.4 Å². The molecule has 7 nitrogen and oxygen atoms in total. The van der Waals surface area contributed by atoms with Gasteiger partial charge in [-0.1, -0.05) is 69.3 Å². The maximum Gasteiger partial charge on any atom is 0.407 e. The van der Waals surface area contributed by atoms with E-state index in [0.717, 1.165) is 0 Å². The van der Waals surface area contributed by atoms with Gasteiger partial charge in [0.15, 0.2) is 0 Å². The van der Waals surface area contributed by atoms with Crippen LogP contribution in [0.4, 0.5) is 4.79 Å². The molecule has 0 saturated heterocycles. The van der Waals surface area contributed by atoms with Crippen LogP contribution >= 0.6 is 0 Å². The van der Waals surface area contributed by atoms with Gasteiger partial charge in [-0.25, -0.2) is 9.59 Å². The van der Waals surface area contributed by atoms with Gasteiger partial charge in [-0.2, -0.15) is 0 Å². The third kappa shape index (κ3) is 6.37. The first-order valence-electron chi connectivity index (χ1n) is 11.8. The largest absolute Gasteiger partial charge is 0.480 e. The van der Waals surface area contributed by atoms with E-state index in [2.05, 4.69) is 34.9 Å². The second-order valence-corrected chi connectivity index (χ2v) is 9.53. The molecule has 0 bridgehead atoms. The quantitative estimate of drug-likeness (QED) is 0.445. The summed E-state index contributed by atoms with van der Waals surface area (Å²) in [4.78, 5) is 35.5. The number of ether oxygens (including phenoxy) is 1. The molecule has 0 heterocycles. The summed E-state index contributed by atoms with van der Waals surface area (Å²) in [5.41, 5.74) is 4.52. The summed E-state index contributed by atoms with van der Waals surface area (Å²) in [6.07, 6.45) is 1.38. The Bertz CT molecular complexity index is 988. The van der Waals surface area contributed by atoms with Crippen molar-refractivity contribution >= 4 is 18.0 Å². The fourth-order valence-electron chi connectivity index (χ4n) is 4.33. The molecule has 1 aliphatic rings. The molecule has 2 amide bonds. The zero-order valence-corrected chi connectivity index (χ0v) is 20.1. The normalized spacial score (nSPS) is 13.5. The third-order valence-corrected chi connectivity index (χ3v) is 6.49. The average Bonchev–Trinajstić information content (AvgIpc) is 3.13. The van der Waals surface area contributed by atoms with E-state index >= 15 is 0 Å². The third-order valence-electron chi connectivity index (χ3n) is 6.49. The molecule has 0 aromatic heterocycles. The molecule has 34 heavy (non-hydrogen) atoms. The summed E-state index contributed by atoms with van der Waals surface area (Å²) in [6.45, 7) is 6.46. The molecule has 1 atom stereocenters. The molecule has 3 rings (SSSR count). The molecule has 0 fully saturated rings. The summed E-state index contributed by atoms with van der Waals surface area (Å²) in [5, 5.41) is 14.4. The lowest BCUT2D eigenvalue weighted by Gasteiger charge is -2.25. The number of rotatable bonds is 11. The van der Waals surface area contributed by atoms with Crippen molar-refractivity contribution in [3.63, 3.8) is 0 Å². The number of benzene rings is 2. The first kappa shape index (κ1) is 25.3. The summed E-state index contributed by atoms with van der Waals surface area (Å²) in [7, 11) is 0. The Kier molecular flexibility index (Phi) is 8.31. The highest BCUT2D eigenvalue weighted by atomic mass is 16.5. The topological polar surface area (TPSA) is 105 Å². The molecule has 0 spiro atoms. The van der Waals surface area contributed by atoms with E-state index in [-0.39, 0.29) is 30.3 Å². The maximum atomic E-state index is 12.3. The van der Waals surface area contributed by atoms with Crippen molar-refractivity contribution in [3.8, 4) is 11.1 Å². The van der Waals surface area contributed by atoms with Gasteiger partial charge in [0.2, 0.25) is 5.91 Å². The fraction of sp³-hybridized carbons (Fsp3) is 0.444. The molecule has 0 saturated carbocycles. The minimum atomic E-state index is -1.03. The van der Waals surface area contributed by atoms with Crippen molar-refractivity contribution in [1.29, 1.82) is 0 Å². The van der Waals surface area contributed by atoms with Crippen LogP contribution in [0.2, 0.25) is 0 Å². The maximum absolute atomic E-state index is 12.3. The van der Waals surface area contributed by atoms with Gasteiger partial charge >= 0.3 is 12.1 Å². The Morgan fingerprint density at radius 1 is 1.00 bits per heavy atom. The molecule has 7 heteroatoms. The van der Waals surface area contributed by atoms with Gasteiger partial charge in [-0.3, -0.25) is 4.79 Å². The lowest BCUT2D eigenvalue weighted by Crippen LogP contribution is -2.40. The SMILES string of the molecule is CC[C@H](NC(=O)CCC(C)(C)CCNC(=O)OCC1c2ccccc2-c2ccccc21)C(=O)O. The number of alkyl carbamates (subject to hydrolysis) is 1. The fourth-order valence-corrected chi connectivity index (χ4v) is 4.33. The second kappa shape index (κ2) is 11.2. The Labute approximate surface area is 200 Å². The molecular weight excluding hydrogens is 432 g/mol. The number of hydrogen-bond acceptors (Lipinski definition) is 4. The number of carbonyl (C=O) groups is 3. The molecule has 3 N–H and O–H groups in total. The van der Waals surface area contributed by atoms with Gasteiger partial charge in [-0.15, -0.1) is 0 Å². The standard InChI is InChI=1S/C27H34N2O5/c1-4-23(25(31)32)29-24(30)13-14-27(2,3)15-16-28-26(33)34-17-22-20-11-7-5-9-18(20)19-10-6-8-12-21(19)22/h5-12,22-23H,4,13-17H2,1-3H3,(H,28,33)(H,29,30)(H,31,32)/t23-/m0/s1. The van der Waals surface area contributed by atoms with Gasteiger partial charge in [0.1, 0.15) is 12.6 Å². The van der Waals surface area contributed by atoms with E-state index in [9.17, 15) is 14.4 Å². The van der Waals surface area contributed by atoms with Crippen molar-refractivity contribution in [2.75, 3.05) is 13.2 Å². The van der Waals surface area contributed by atoms with E-state index in [1.165, 1.54) is 22.3 Å². The number of fused-ring (bicyclic) bond motifs is 3. The van der Waals surface area contributed by atoms with Crippen LogP contribution in [0.25, 0.3) is 11.1 Å². The van der Waals surface area contributed by atoms with Gasteiger partial charge < -0.3 is 20.5 Å². The molecule has 2 aromatic carbocycles. The van der Waals surface area contributed by atoms with Crippen LogP contribution in [0.1, 0.15) is 63.5 Å². The minimum Gasteiger partial charge on any atom is -0.480 e. The van der Waals surface area contributed by atoms with E-state index < -0.39 is 18.1 Å². The van der Waals surface area contributed by atoms with Crippen molar-refractivity contribution < 1.29 is 24.2 Å². The Hall–Kier alpha value is -3.35.